The Morgan fingerprint density at radius 3 is 2.30 bits per heavy atom. The van der Waals surface area contributed by atoms with E-state index >= 15 is 0 Å². The number of para-hydroxylation sites is 1. The molecule has 0 aliphatic heterocycles. The van der Waals surface area contributed by atoms with Gasteiger partial charge in [-0.3, -0.25) is 0 Å². The van der Waals surface area contributed by atoms with E-state index in [-0.39, 0.29) is 0 Å². The molecule has 0 bridgehead atoms. The third kappa shape index (κ3) is 4.37. The number of alkyl halides is 1. The largest absolute Gasteiger partial charge is 0.457 e. The summed E-state index contributed by atoms with van der Waals surface area (Å²) in [5.41, 5.74) is 0.694. The van der Waals surface area contributed by atoms with Gasteiger partial charge in [0.2, 0.25) is 0 Å². The van der Waals surface area contributed by atoms with Crippen molar-refractivity contribution in [2.75, 3.05) is 0 Å². The van der Waals surface area contributed by atoms with Crippen molar-refractivity contribution in [2.24, 2.45) is 5.92 Å². The first kappa shape index (κ1) is 14.6. The van der Waals surface area contributed by atoms with Crippen molar-refractivity contribution in [1.82, 2.24) is 0 Å². The second-order valence-corrected chi connectivity index (χ2v) is 5.43. The highest BCUT2D eigenvalue weighted by Gasteiger charge is 2.11. The summed E-state index contributed by atoms with van der Waals surface area (Å²) in [6.45, 7) is 4.23. The molecule has 0 aromatic heterocycles. The van der Waals surface area contributed by atoms with Crippen LogP contribution in [-0.2, 0) is 0 Å². The van der Waals surface area contributed by atoms with Crippen LogP contribution in [0.5, 0.6) is 11.5 Å². The van der Waals surface area contributed by atoms with E-state index in [4.69, 9.17) is 4.74 Å². The minimum absolute atomic E-state index is 0.525. The molecule has 1 unspecified atom stereocenters. The zero-order valence-electron chi connectivity index (χ0n) is 12.1. The van der Waals surface area contributed by atoms with Crippen LogP contribution in [0.4, 0.5) is 4.39 Å². The Morgan fingerprint density at radius 1 is 0.900 bits per heavy atom. The molecular formula is C18H21FO. The summed E-state index contributed by atoms with van der Waals surface area (Å²) < 4.78 is 19.9. The lowest BCUT2D eigenvalue weighted by atomic mass is 10.0. The molecule has 0 N–H and O–H groups in total. The van der Waals surface area contributed by atoms with Crippen molar-refractivity contribution < 1.29 is 9.13 Å². The van der Waals surface area contributed by atoms with E-state index in [2.05, 4.69) is 13.8 Å². The van der Waals surface area contributed by atoms with Crippen LogP contribution in [0.2, 0.25) is 0 Å². The lowest BCUT2D eigenvalue weighted by molar-refractivity contribution is 0.301. The molecule has 0 radical (unpaired) electrons. The summed E-state index contributed by atoms with van der Waals surface area (Å²) in [7, 11) is 0. The Bertz CT molecular complexity index is 522. The van der Waals surface area contributed by atoms with Crippen LogP contribution in [0.1, 0.15) is 38.4 Å². The Morgan fingerprint density at radius 2 is 1.60 bits per heavy atom. The first-order chi connectivity index (χ1) is 9.65. The number of hydrogen-bond acceptors (Lipinski definition) is 1. The monoisotopic (exact) mass is 272 g/mol. The van der Waals surface area contributed by atoms with Gasteiger partial charge in [0.25, 0.3) is 0 Å². The van der Waals surface area contributed by atoms with Crippen LogP contribution in [0.25, 0.3) is 0 Å². The van der Waals surface area contributed by atoms with Gasteiger partial charge >= 0.3 is 0 Å². The molecule has 0 amide bonds. The van der Waals surface area contributed by atoms with Gasteiger partial charge < -0.3 is 4.74 Å². The number of benzene rings is 2. The maximum absolute atomic E-state index is 14.2. The summed E-state index contributed by atoms with van der Waals surface area (Å²) in [4.78, 5) is 0. The van der Waals surface area contributed by atoms with Crippen molar-refractivity contribution in [2.45, 2.75) is 32.9 Å². The van der Waals surface area contributed by atoms with Crippen molar-refractivity contribution in [3.05, 3.63) is 60.2 Å². The highest BCUT2D eigenvalue weighted by Crippen LogP contribution is 2.29. The fraction of sp³-hybridized carbons (Fsp3) is 0.333. The molecule has 0 heterocycles. The quantitative estimate of drug-likeness (QED) is 0.633. The van der Waals surface area contributed by atoms with Crippen LogP contribution in [0.3, 0.4) is 0 Å². The molecule has 1 atom stereocenters. The third-order valence-corrected chi connectivity index (χ3v) is 3.20. The van der Waals surface area contributed by atoms with Gasteiger partial charge in [0.15, 0.2) is 0 Å². The first-order valence-electron chi connectivity index (χ1n) is 7.12. The molecule has 2 heteroatoms. The van der Waals surface area contributed by atoms with Crippen LogP contribution in [0, 0.1) is 5.92 Å². The minimum Gasteiger partial charge on any atom is -0.457 e. The average molecular weight is 272 g/mol. The number of ether oxygens (including phenoxy) is 1. The van der Waals surface area contributed by atoms with E-state index in [1.165, 1.54) is 0 Å². The van der Waals surface area contributed by atoms with E-state index in [1.54, 1.807) is 6.07 Å². The van der Waals surface area contributed by atoms with Gasteiger partial charge in [-0.1, -0.05) is 44.2 Å². The van der Waals surface area contributed by atoms with Crippen molar-refractivity contribution in [3.63, 3.8) is 0 Å². The Hall–Kier alpha value is -1.83. The molecule has 0 spiro atoms. The molecule has 0 aliphatic rings. The van der Waals surface area contributed by atoms with Gasteiger partial charge in [0.05, 0.1) is 0 Å². The molecule has 20 heavy (non-hydrogen) atoms. The van der Waals surface area contributed by atoms with E-state index in [0.717, 1.165) is 12.2 Å². The Kier molecular flexibility index (Phi) is 5.16. The topological polar surface area (TPSA) is 9.23 Å². The number of hydrogen-bond donors (Lipinski definition) is 0. The first-order valence-corrected chi connectivity index (χ1v) is 7.12. The molecule has 1 nitrogen and oxygen atoms in total. The van der Waals surface area contributed by atoms with Gasteiger partial charge in [-0.05, 0) is 48.6 Å². The van der Waals surface area contributed by atoms with Gasteiger partial charge in [-0.2, -0.15) is 0 Å². The standard InChI is InChI=1S/C18H21FO/c1-14(2)11-12-18(19)15-7-6-10-17(13-15)20-16-8-4-3-5-9-16/h3-10,13-14,18H,11-12H2,1-2H3. The van der Waals surface area contributed by atoms with Gasteiger partial charge in [-0.15, -0.1) is 0 Å². The normalized spacial score (nSPS) is 12.4. The summed E-state index contributed by atoms with van der Waals surface area (Å²) in [6.07, 6.45) is 0.536. The summed E-state index contributed by atoms with van der Waals surface area (Å²) >= 11 is 0. The van der Waals surface area contributed by atoms with Crippen molar-refractivity contribution in [1.29, 1.82) is 0 Å². The van der Waals surface area contributed by atoms with Crippen molar-refractivity contribution in [3.8, 4) is 11.5 Å². The average Bonchev–Trinajstić information content (AvgIpc) is 2.46. The Balaban J connectivity index is 2.04. The molecule has 0 fully saturated rings. The molecule has 0 saturated heterocycles. The zero-order chi connectivity index (χ0) is 14.4. The van der Waals surface area contributed by atoms with Gasteiger partial charge in [0, 0.05) is 0 Å². The van der Waals surface area contributed by atoms with E-state index < -0.39 is 6.17 Å². The molecule has 106 valence electrons. The third-order valence-electron chi connectivity index (χ3n) is 3.20. The van der Waals surface area contributed by atoms with Crippen LogP contribution in [-0.4, -0.2) is 0 Å². The van der Waals surface area contributed by atoms with Gasteiger partial charge in [0.1, 0.15) is 17.7 Å². The number of rotatable bonds is 6. The lowest BCUT2D eigenvalue weighted by Gasteiger charge is -2.12. The highest BCUT2D eigenvalue weighted by atomic mass is 19.1. The zero-order valence-corrected chi connectivity index (χ0v) is 12.1. The summed E-state index contributed by atoms with van der Waals surface area (Å²) in [5, 5.41) is 0. The van der Waals surface area contributed by atoms with Crippen molar-refractivity contribution >= 4 is 0 Å². The van der Waals surface area contributed by atoms with E-state index in [1.807, 2.05) is 48.5 Å². The summed E-state index contributed by atoms with van der Waals surface area (Å²) in [5.74, 6) is 1.97. The molecule has 2 aromatic rings. The summed E-state index contributed by atoms with van der Waals surface area (Å²) in [6, 6.07) is 16.9. The van der Waals surface area contributed by atoms with Crippen LogP contribution >= 0.6 is 0 Å². The number of halogens is 1. The fourth-order valence-electron chi connectivity index (χ4n) is 2.04. The maximum atomic E-state index is 14.2. The molecule has 2 rings (SSSR count). The minimum atomic E-state index is -0.920. The SMILES string of the molecule is CC(C)CCC(F)c1cccc(Oc2ccccc2)c1. The second-order valence-electron chi connectivity index (χ2n) is 5.43. The predicted octanol–water partition coefficient (Wildman–Crippen LogP) is 5.93. The lowest BCUT2D eigenvalue weighted by Crippen LogP contribution is -1.96. The molecule has 0 aliphatic carbocycles. The molecule has 0 saturated carbocycles. The molecule has 2 aromatic carbocycles. The highest BCUT2D eigenvalue weighted by molar-refractivity contribution is 5.34. The Labute approximate surface area is 120 Å². The van der Waals surface area contributed by atoms with Gasteiger partial charge in [-0.25, -0.2) is 4.39 Å². The van der Waals surface area contributed by atoms with E-state index in [9.17, 15) is 4.39 Å². The predicted molar refractivity (Wildman–Crippen MR) is 80.9 cm³/mol. The van der Waals surface area contributed by atoms with Crippen LogP contribution < -0.4 is 4.74 Å². The molecular weight excluding hydrogens is 251 g/mol. The maximum Gasteiger partial charge on any atom is 0.127 e. The second kappa shape index (κ2) is 7.09. The smallest absolute Gasteiger partial charge is 0.127 e. The van der Waals surface area contributed by atoms with Crippen LogP contribution in [0.15, 0.2) is 54.6 Å². The fourth-order valence-corrected chi connectivity index (χ4v) is 2.04. The van der Waals surface area contributed by atoms with E-state index in [0.29, 0.717) is 23.7 Å².